The van der Waals surface area contributed by atoms with Crippen LogP contribution in [-0.2, 0) is 9.84 Å². The van der Waals surface area contributed by atoms with E-state index < -0.39 is 9.84 Å². The van der Waals surface area contributed by atoms with E-state index in [0.29, 0.717) is 5.75 Å². The fourth-order valence-corrected chi connectivity index (χ4v) is 2.54. The molecule has 0 aromatic carbocycles. The van der Waals surface area contributed by atoms with Crippen molar-refractivity contribution in [3.8, 4) is 0 Å². The highest BCUT2D eigenvalue weighted by Crippen LogP contribution is 2.33. The number of hydrogen-bond donors (Lipinski definition) is 1. The normalized spacial score (nSPS) is 21.1. The van der Waals surface area contributed by atoms with E-state index in [2.05, 4.69) is 0 Å². The van der Waals surface area contributed by atoms with Crippen molar-refractivity contribution in [1.29, 1.82) is 0 Å². The lowest BCUT2D eigenvalue weighted by Gasteiger charge is -2.38. The van der Waals surface area contributed by atoms with E-state index in [1.807, 2.05) is 0 Å². The van der Waals surface area contributed by atoms with E-state index in [0.717, 1.165) is 25.7 Å². The summed E-state index contributed by atoms with van der Waals surface area (Å²) in [4.78, 5) is 0. The second kappa shape index (κ2) is 3.96. The number of rotatable bonds is 5. The Morgan fingerprint density at radius 3 is 2.38 bits per heavy atom. The first-order valence-corrected chi connectivity index (χ1v) is 6.79. The van der Waals surface area contributed by atoms with Gasteiger partial charge in [0.1, 0.15) is 9.84 Å². The largest absolute Gasteiger partial charge is 0.325 e. The van der Waals surface area contributed by atoms with Gasteiger partial charge in [-0.05, 0) is 32.1 Å². The maximum absolute atomic E-state index is 11.2. The first-order valence-electron chi connectivity index (χ1n) is 4.97. The molecule has 0 amide bonds. The fraction of sp³-hybridized carbons (Fsp3) is 1.00. The van der Waals surface area contributed by atoms with E-state index in [1.165, 1.54) is 6.42 Å². The Labute approximate surface area is 80.6 Å². The van der Waals surface area contributed by atoms with Crippen LogP contribution in [0, 0.1) is 0 Å². The highest BCUT2D eigenvalue weighted by Gasteiger charge is 2.31. The predicted octanol–water partition coefficient (Wildman–Crippen LogP) is 1.08. The van der Waals surface area contributed by atoms with Gasteiger partial charge in [-0.2, -0.15) is 0 Å². The summed E-state index contributed by atoms with van der Waals surface area (Å²) in [5.41, 5.74) is 5.95. The highest BCUT2D eigenvalue weighted by atomic mass is 32.2. The minimum absolute atomic E-state index is 0.0245. The molecular weight excluding hydrogens is 186 g/mol. The molecule has 0 atom stereocenters. The Morgan fingerprint density at radius 2 is 2.00 bits per heavy atom. The molecule has 0 unspecified atom stereocenters. The molecule has 4 heteroatoms. The van der Waals surface area contributed by atoms with Gasteiger partial charge >= 0.3 is 0 Å². The quantitative estimate of drug-likeness (QED) is 0.730. The molecule has 1 aliphatic carbocycles. The van der Waals surface area contributed by atoms with Crippen LogP contribution in [0.1, 0.15) is 39.0 Å². The molecule has 0 aliphatic heterocycles. The topological polar surface area (TPSA) is 60.2 Å². The molecule has 0 heterocycles. The molecule has 1 rings (SSSR count). The second-order valence-electron chi connectivity index (χ2n) is 4.06. The Kier molecular flexibility index (Phi) is 3.35. The first kappa shape index (κ1) is 11.0. The summed E-state index contributed by atoms with van der Waals surface area (Å²) in [6.45, 7) is 1.69. The van der Waals surface area contributed by atoms with Gasteiger partial charge in [-0.3, -0.25) is 0 Å². The van der Waals surface area contributed by atoms with Crippen LogP contribution in [0.25, 0.3) is 0 Å². The summed E-state index contributed by atoms with van der Waals surface area (Å²) >= 11 is 0. The molecule has 0 aromatic rings. The first-order chi connectivity index (χ1) is 5.97. The maximum Gasteiger partial charge on any atom is 0.150 e. The van der Waals surface area contributed by atoms with E-state index in [-0.39, 0.29) is 11.3 Å². The minimum Gasteiger partial charge on any atom is -0.325 e. The van der Waals surface area contributed by atoms with Crippen molar-refractivity contribution in [2.24, 2.45) is 5.73 Å². The summed E-state index contributed by atoms with van der Waals surface area (Å²) in [6.07, 6.45) is 4.94. The van der Waals surface area contributed by atoms with Crippen LogP contribution >= 0.6 is 0 Å². The second-order valence-corrected chi connectivity index (χ2v) is 6.53. The Balaban J connectivity index is 2.21. The molecule has 78 valence electrons. The van der Waals surface area contributed by atoms with Crippen LogP contribution in [0.4, 0.5) is 0 Å². The van der Waals surface area contributed by atoms with Gasteiger partial charge < -0.3 is 5.73 Å². The van der Waals surface area contributed by atoms with E-state index in [4.69, 9.17) is 5.73 Å². The van der Waals surface area contributed by atoms with Crippen LogP contribution in [0.2, 0.25) is 0 Å². The molecule has 2 N–H and O–H groups in total. The Bertz CT molecular complexity index is 255. The highest BCUT2D eigenvalue weighted by molar-refractivity contribution is 7.91. The molecular formula is C9H19NO2S. The van der Waals surface area contributed by atoms with Crippen molar-refractivity contribution in [2.45, 2.75) is 44.6 Å². The zero-order valence-corrected chi connectivity index (χ0v) is 9.07. The third kappa shape index (κ3) is 3.27. The van der Waals surface area contributed by atoms with Crippen LogP contribution in [-0.4, -0.2) is 25.5 Å². The molecule has 1 fully saturated rings. The van der Waals surface area contributed by atoms with E-state index in [1.54, 1.807) is 6.92 Å². The van der Waals surface area contributed by atoms with Crippen molar-refractivity contribution >= 4 is 9.84 Å². The van der Waals surface area contributed by atoms with Crippen molar-refractivity contribution in [2.75, 3.05) is 11.5 Å². The summed E-state index contributed by atoms with van der Waals surface area (Å²) in [5, 5.41) is 0. The molecule has 0 saturated heterocycles. The van der Waals surface area contributed by atoms with Crippen molar-refractivity contribution in [1.82, 2.24) is 0 Å². The lowest BCUT2D eigenvalue weighted by Crippen LogP contribution is -2.46. The van der Waals surface area contributed by atoms with Gasteiger partial charge in [-0.1, -0.05) is 6.92 Å². The third-order valence-corrected chi connectivity index (χ3v) is 4.71. The average molecular weight is 205 g/mol. The third-order valence-electron chi connectivity index (χ3n) is 2.92. The van der Waals surface area contributed by atoms with Gasteiger partial charge in [0.2, 0.25) is 0 Å². The molecule has 3 nitrogen and oxygen atoms in total. The van der Waals surface area contributed by atoms with Crippen molar-refractivity contribution in [3.63, 3.8) is 0 Å². The zero-order valence-electron chi connectivity index (χ0n) is 8.25. The lowest BCUT2D eigenvalue weighted by atomic mass is 9.75. The van der Waals surface area contributed by atoms with Gasteiger partial charge in [0.15, 0.2) is 0 Å². The van der Waals surface area contributed by atoms with Gasteiger partial charge in [0.05, 0.1) is 5.75 Å². The standard InChI is InChI=1S/C9H19NO2S/c1-2-13(11,12)8-4-7-9(10)5-3-6-9/h2-8,10H2,1H3. The maximum atomic E-state index is 11.2. The van der Waals surface area contributed by atoms with Gasteiger partial charge in [0.25, 0.3) is 0 Å². The van der Waals surface area contributed by atoms with Crippen LogP contribution < -0.4 is 5.73 Å². The zero-order chi connectivity index (χ0) is 9.95. The molecule has 0 bridgehead atoms. The fourth-order valence-electron chi connectivity index (χ4n) is 1.67. The average Bonchev–Trinajstić information content (AvgIpc) is 2.01. The van der Waals surface area contributed by atoms with Crippen LogP contribution in [0.5, 0.6) is 0 Å². The SMILES string of the molecule is CCS(=O)(=O)CCCC1(N)CCC1. The van der Waals surface area contributed by atoms with Gasteiger partial charge in [-0.25, -0.2) is 8.42 Å². The summed E-state index contributed by atoms with van der Waals surface area (Å²) < 4.78 is 22.3. The molecule has 13 heavy (non-hydrogen) atoms. The molecule has 0 aromatic heterocycles. The predicted molar refractivity (Wildman–Crippen MR) is 54.3 cm³/mol. The molecule has 0 spiro atoms. The smallest absolute Gasteiger partial charge is 0.150 e. The Morgan fingerprint density at radius 1 is 1.38 bits per heavy atom. The molecule has 1 saturated carbocycles. The summed E-state index contributed by atoms with van der Waals surface area (Å²) in [7, 11) is -2.78. The van der Waals surface area contributed by atoms with Crippen molar-refractivity contribution in [3.05, 3.63) is 0 Å². The minimum atomic E-state index is -2.78. The number of nitrogens with two attached hydrogens (primary N) is 1. The molecule has 0 radical (unpaired) electrons. The number of sulfone groups is 1. The summed E-state index contributed by atoms with van der Waals surface area (Å²) in [6, 6.07) is 0. The van der Waals surface area contributed by atoms with Gasteiger partial charge in [-0.15, -0.1) is 0 Å². The Hall–Kier alpha value is -0.0900. The lowest BCUT2D eigenvalue weighted by molar-refractivity contribution is 0.230. The number of hydrogen-bond acceptors (Lipinski definition) is 3. The van der Waals surface area contributed by atoms with E-state index >= 15 is 0 Å². The van der Waals surface area contributed by atoms with Gasteiger partial charge in [0, 0.05) is 11.3 Å². The summed E-state index contributed by atoms with van der Waals surface area (Å²) in [5.74, 6) is 0.563. The monoisotopic (exact) mass is 205 g/mol. The van der Waals surface area contributed by atoms with Crippen molar-refractivity contribution < 1.29 is 8.42 Å². The van der Waals surface area contributed by atoms with Crippen LogP contribution in [0.15, 0.2) is 0 Å². The molecule has 1 aliphatic rings. The van der Waals surface area contributed by atoms with Crippen LogP contribution in [0.3, 0.4) is 0 Å². The van der Waals surface area contributed by atoms with E-state index in [9.17, 15) is 8.42 Å².